The highest BCUT2D eigenvalue weighted by Gasteiger charge is 2.23. The van der Waals surface area contributed by atoms with Crippen LogP contribution in [0.2, 0.25) is 0 Å². The summed E-state index contributed by atoms with van der Waals surface area (Å²) in [4.78, 5) is 22.8. The Morgan fingerprint density at radius 3 is 2.39 bits per heavy atom. The zero-order valence-corrected chi connectivity index (χ0v) is 12.7. The fraction of sp³-hybridized carbons (Fsp3) is 0.118. The number of aryl methyl sites for hydroxylation is 1. The van der Waals surface area contributed by atoms with Gasteiger partial charge in [-0.1, -0.05) is 0 Å². The maximum Gasteiger partial charge on any atom is 0.326 e. The Bertz CT molecular complexity index is 883. The van der Waals surface area contributed by atoms with E-state index in [1.165, 1.54) is 0 Å². The molecule has 2 aromatic rings. The highest BCUT2D eigenvalue weighted by molar-refractivity contribution is 6.14. The average molecular weight is 306 g/mol. The molecule has 2 heterocycles. The third kappa shape index (κ3) is 2.60. The Balaban J connectivity index is 2.03. The normalized spacial score (nSPS) is 15.4. The summed E-state index contributed by atoms with van der Waals surface area (Å²) in [5.41, 5.74) is 4.54. The predicted molar refractivity (Wildman–Crippen MR) is 84.6 cm³/mol. The van der Waals surface area contributed by atoms with Gasteiger partial charge in [-0.3, -0.25) is 10.1 Å². The summed E-state index contributed by atoms with van der Waals surface area (Å²) in [5, 5.41) is 13.5. The Kier molecular flexibility index (Phi) is 3.47. The number of urea groups is 1. The van der Waals surface area contributed by atoms with E-state index in [4.69, 9.17) is 5.26 Å². The van der Waals surface area contributed by atoms with Gasteiger partial charge >= 0.3 is 6.03 Å². The first-order chi connectivity index (χ1) is 11.0. The van der Waals surface area contributed by atoms with Crippen molar-refractivity contribution in [3.8, 4) is 11.8 Å². The number of nitriles is 1. The summed E-state index contributed by atoms with van der Waals surface area (Å²) in [6.45, 7) is 3.90. The van der Waals surface area contributed by atoms with Crippen molar-refractivity contribution < 1.29 is 9.59 Å². The van der Waals surface area contributed by atoms with Crippen molar-refractivity contribution in [1.82, 2.24) is 15.2 Å². The summed E-state index contributed by atoms with van der Waals surface area (Å²) in [5.74, 6) is -0.432. The zero-order chi connectivity index (χ0) is 16.6. The highest BCUT2D eigenvalue weighted by atomic mass is 16.2. The standard InChI is InChI=1S/C17H14N4O2/c1-10-7-13(8-15-16(22)20-17(23)19-15)11(2)21(10)14-5-3-12(9-18)4-6-14/h3-8H,1-2H3,(H2,19,20,22,23)/b15-8-. The lowest BCUT2D eigenvalue weighted by Gasteiger charge is -2.09. The molecule has 0 aliphatic carbocycles. The van der Waals surface area contributed by atoms with E-state index in [-0.39, 0.29) is 5.70 Å². The monoisotopic (exact) mass is 306 g/mol. The first-order valence-corrected chi connectivity index (χ1v) is 7.03. The second-order valence-corrected chi connectivity index (χ2v) is 5.29. The molecule has 0 unspecified atom stereocenters. The van der Waals surface area contributed by atoms with Crippen LogP contribution in [-0.2, 0) is 4.79 Å². The Labute approximate surface area is 133 Å². The SMILES string of the molecule is Cc1cc(/C=C2\NC(=O)NC2=O)c(C)n1-c1ccc(C#N)cc1. The van der Waals surface area contributed by atoms with Crippen LogP contribution in [0.4, 0.5) is 4.79 Å². The van der Waals surface area contributed by atoms with E-state index in [2.05, 4.69) is 16.7 Å². The van der Waals surface area contributed by atoms with Gasteiger partial charge in [0.15, 0.2) is 0 Å². The van der Waals surface area contributed by atoms with Crippen molar-refractivity contribution in [2.75, 3.05) is 0 Å². The van der Waals surface area contributed by atoms with Crippen molar-refractivity contribution in [1.29, 1.82) is 5.26 Å². The Hall–Kier alpha value is -3.33. The van der Waals surface area contributed by atoms with E-state index >= 15 is 0 Å². The number of hydrogen-bond acceptors (Lipinski definition) is 3. The van der Waals surface area contributed by atoms with Crippen molar-refractivity contribution in [3.63, 3.8) is 0 Å². The molecule has 0 bridgehead atoms. The minimum absolute atomic E-state index is 0.232. The molecule has 1 aliphatic rings. The van der Waals surface area contributed by atoms with Gasteiger partial charge in [0, 0.05) is 17.1 Å². The molecule has 23 heavy (non-hydrogen) atoms. The molecule has 0 saturated carbocycles. The first-order valence-electron chi connectivity index (χ1n) is 7.03. The molecule has 0 atom stereocenters. The number of nitrogens with one attached hydrogen (secondary N) is 2. The van der Waals surface area contributed by atoms with Crippen LogP contribution in [0.3, 0.4) is 0 Å². The van der Waals surface area contributed by atoms with Gasteiger partial charge in [0.2, 0.25) is 0 Å². The molecule has 1 fully saturated rings. The van der Waals surface area contributed by atoms with E-state index in [0.29, 0.717) is 5.56 Å². The minimum atomic E-state index is -0.512. The predicted octanol–water partition coefficient (Wildman–Crippen LogP) is 2.15. The zero-order valence-electron chi connectivity index (χ0n) is 12.7. The summed E-state index contributed by atoms with van der Waals surface area (Å²) >= 11 is 0. The van der Waals surface area contributed by atoms with E-state index in [9.17, 15) is 9.59 Å². The molecule has 0 radical (unpaired) electrons. The molecule has 6 nitrogen and oxygen atoms in total. The van der Waals surface area contributed by atoms with Crippen LogP contribution in [0.25, 0.3) is 11.8 Å². The van der Waals surface area contributed by atoms with Gasteiger partial charge in [0.05, 0.1) is 11.6 Å². The highest BCUT2D eigenvalue weighted by Crippen LogP contribution is 2.23. The van der Waals surface area contributed by atoms with E-state index in [1.54, 1.807) is 18.2 Å². The third-order valence-corrected chi connectivity index (χ3v) is 3.74. The van der Waals surface area contributed by atoms with Crippen LogP contribution in [0, 0.1) is 25.2 Å². The smallest absolute Gasteiger partial charge is 0.318 e. The van der Waals surface area contributed by atoms with Gasteiger partial charge in [0.25, 0.3) is 5.91 Å². The van der Waals surface area contributed by atoms with Gasteiger partial charge in [-0.25, -0.2) is 4.79 Å². The quantitative estimate of drug-likeness (QED) is 0.658. The van der Waals surface area contributed by atoms with Gasteiger partial charge in [-0.05, 0) is 55.8 Å². The van der Waals surface area contributed by atoms with Gasteiger partial charge < -0.3 is 9.88 Å². The van der Waals surface area contributed by atoms with Gasteiger partial charge in [0.1, 0.15) is 5.70 Å². The van der Waals surface area contributed by atoms with Crippen LogP contribution in [0.5, 0.6) is 0 Å². The first kappa shape index (κ1) is 14.6. The van der Waals surface area contributed by atoms with Crippen LogP contribution in [0.15, 0.2) is 36.0 Å². The summed E-state index contributed by atoms with van der Waals surface area (Å²) in [6, 6.07) is 10.8. The van der Waals surface area contributed by atoms with E-state index < -0.39 is 11.9 Å². The molecule has 1 saturated heterocycles. The Morgan fingerprint density at radius 1 is 1.13 bits per heavy atom. The Morgan fingerprint density at radius 2 is 1.83 bits per heavy atom. The van der Waals surface area contributed by atoms with Gasteiger partial charge in [-0.15, -0.1) is 0 Å². The molecule has 3 amide bonds. The molecular weight excluding hydrogens is 292 g/mol. The molecule has 6 heteroatoms. The lowest BCUT2D eigenvalue weighted by Crippen LogP contribution is -2.22. The lowest BCUT2D eigenvalue weighted by molar-refractivity contribution is -0.115. The number of amides is 3. The molecule has 1 aliphatic heterocycles. The van der Waals surface area contributed by atoms with Crippen molar-refractivity contribution in [2.45, 2.75) is 13.8 Å². The minimum Gasteiger partial charge on any atom is -0.318 e. The number of aromatic nitrogens is 1. The lowest BCUT2D eigenvalue weighted by atomic mass is 10.2. The molecule has 3 rings (SSSR count). The fourth-order valence-electron chi connectivity index (χ4n) is 2.65. The van der Waals surface area contributed by atoms with E-state index in [1.807, 2.05) is 36.6 Å². The van der Waals surface area contributed by atoms with Crippen LogP contribution in [0.1, 0.15) is 22.5 Å². The number of nitrogens with zero attached hydrogens (tertiary/aromatic N) is 2. The van der Waals surface area contributed by atoms with Crippen molar-refractivity contribution >= 4 is 18.0 Å². The number of benzene rings is 1. The summed E-state index contributed by atoms with van der Waals surface area (Å²) in [7, 11) is 0. The topological polar surface area (TPSA) is 86.9 Å². The van der Waals surface area contributed by atoms with Gasteiger partial charge in [-0.2, -0.15) is 5.26 Å². The molecule has 1 aromatic heterocycles. The van der Waals surface area contributed by atoms with Crippen LogP contribution in [-0.4, -0.2) is 16.5 Å². The molecule has 0 spiro atoms. The molecular formula is C17H14N4O2. The third-order valence-electron chi connectivity index (χ3n) is 3.74. The molecule has 1 aromatic carbocycles. The van der Waals surface area contributed by atoms with Crippen LogP contribution >= 0.6 is 0 Å². The van der Waals surface area contributed by atoms with Crippen molar-refractivity contribution in [3.05, 3.63) is 58.5 Å². The molecule has 2 N–H and O–H groups in total. The largest absolute Gasteiger partial charge is 0.326 e. The number of rotatable bonds is 2. The number of imide groups is 1. The fourth-order valence-corrected chi connectivity index (χ4v) is 2.65. The summed E-state index contributed by atoms with van der Waals surface area (Å²) in [6.07, 6.45) is 1.66. The number of carbonyl (C=O) groups excluding carboxylic acids is 2. The summed E-state index contributed by atoms with van der Waals surface area (Å²) < 4.78 is 2.03. The second kappa shape index (κ2) is 5.46. The van der Waals surface area contributed by atoms with Crippen LogP contribution < -0.4 is 10.6 Å². The number of carbonyl (C=O) groups is 2. The maximum atomic E-state index is 11.6. The second-order valence-electron chi connectivity index (χ2n) is 5.29. The maximum absolute atomic E-state index is 11.6. The number of hydrogen-bond donors (Lipinski definition) is 2. The molecule has 114 valence electrons. The van der Waals surface area contributed by atoms with E-state index in [0.717, 1.165) is 22.6 Å². The average Bonchev–Trinajstić information content (AvgIpc) is 2.99. The van der Waals surface area contributed by atoms with Crippen molar-refractivity contribution in [2.24, 2.45) is 0 Å².